The minimum atomic E-state index is -4.11. The van der Waals surface area contributed by atoms with Crippen LogP contribution in [0.15, 0.2) is 29.3 Å². The van der Waals surface area contributed by atoms with Crippen LogP contribution in [0.2, 0.25) is 0 Å². The van der Waals surface area contributed by atoms with E-state index < -0.39 is 12.1 Å². The molecule has 0 amide bonds. The van der Waals surface area contributed by atoms with Crippen LogP contribution in [0.4, 0.5) is 17.6 Å². The summed E-state index contributed by atoms with van der Waals surface area (Å²) in [5.41, 5.74) is 0.809. The Kier molecular flexibility index (Phi) is 7.89. The zero-order chi connectivity index (χ0) is 19.9. The molecule has 2 N–H and O–H groups in total. The van der Waals surface area contributed by atoms with Crippen molar-refractivity contribution < 1.29 is 22.3 Å². The minimum Gasteiger partial charge on any atom is -0.375 e. The Labute approximate surface area is 157 Å². The van der Waals surface area contributed by atoms with E-state index in [0.717, 1.165) is 5.56 Å². The number of nitrogens with one attached hydrogen (secondary N) is 2. The van der Waals surface area contributed by atoms with Crippen LogP contribution in [0.1, 0.15) is 44.3 Å². The number of hydrogen-bond acceptors (Lipinski definition) is 2. The predicted octanol–water partition coefficient (Wildman–Crippen LogP) is 4.19. The van der Waals surface area contributed by atoms with Crippen LogP contribution in [-0.2, 0) is 4.74 Å². The molecule has 152 valence electrons. The number of methoxy groups -OCH3 is 1. The fraction of sp³-hybridized carbons (Fsp3) is 0.632. The lowest BCUT2D eigenvalue weighted by Gasteiger charge is -2.31. The highest BCUT2D eigenvalue weighted by Crippen LogP contribution is 2.37. The Hall–Kier alpha value is -1.83. The Balaban J connectivity index is 1.94. The van der Waals surface area contributed by atoms with E-state index >= 15 is 0 Å². The van der Waals surface area contributed by atoms with Crippen LogP contribution in [0, 0.1) is 11.7 Å². The molecule has 4 nitrogen and oxygen atoms in total. The summed E-state index contributed by atoms with van der Waals surface area (Å²) in [4.78, 5) is 4.50. The number of aliphatic imine (C=N–C) groups is 1. The Morgan fingerprint density at radius 1 is 1.19 bits per heavy atom. The van der Waals surface area contributed by atoms with Gasteiger partial charge in [-0.25, -0.2) is 4.39 Å². The highest BCUT2D eigenvalue weighted by Gasteiger charge is 2.41. The fourth-order valence-electron chi connectivity index (χ4n) is 3.25. The third-order valence-corrected chi connectivity index (χ3v) is 4.82. The van der Waals surface area contributed by atoms with Gasteiger partial charge in [-0.15, -0.1) is 0 Å². The molecule has 1 aliphatic rings. The molecule has 0 radical (unpaired) electrons. The van der Waals surface area contributed by atoms with Gasteiger partial charge < -0.3 is 15.4 Å². The van der Waals surface area contributed by atoms with Crippen molar-refractivity contribution in [3.63, 3.8) is 0 Å². The first-order valence-electron chi connectivity index (χ1n) is 9.23. The zero-order valence-electron chi connectivity index (χ0n) is 15.7. The molecule has 27 heavy (non-hydrogen) atoms. The number of ether oxygens (including phenoxy) is 1. The molecule has 1 unspecified atom stereocenters. The molecule has 1 aliphatic carbocycles. The summed E-state index contributed by atoms with van der Waals surface area (Å²) >= 11 is 0. The van der Waals surface area contributed by atoms with Crippen molar-refractivity contribution in [2.24, 2.45) is 10.9 Å². The lowest BCUT2D eigenvalue weighted by atomic mass is 9.85. The van der Waals surface area contributed by atoms with Crippen LogP contribution in [0.25, 0.3) is 0 Å². The van der Waals surface area contributed by atoms with Gasteiger partial charge in [0.15, 0.2) is 5.96 Å². The largest absolute Gasteiger partial charge is 0.391 e. The van der Waals surface area contributed by atoms with Gasteiger partial charge in [-0.2, -0.15) is 13.2 Å². The van der Waals surface area contributed by atoms with Crippen LogP contribution in [0.3, 0.4) is 0 Å². The predicted molar refractivity (Wildman–Crippen MR) is 97.1 cm³/mol. The van der Waals surface area contributed by atoms with Crippen molar-refractivity contribution in [1.82, 2.24) is 10.6 Å². The average Bonchev–Trinajstić information content (AvgIpc) is 2.63. The summed E-state index contributed by atoms with van der Waals surface area (Å²) in [5.74, 6) is -0.967. The van der Waals surface area contributed by atoms with E-state index in [1.807, 2.05) is 6.92 Å². The van der Waals surface area contributed by atoms with Crippen LogP contribution < -0.4 is 10.6 Å². The molecule has 1 aromatic carbocycles. The molecule has 0 heterocycles. The zero-order valence-corrected chi connectivity index (χ0v) is 15.7. The standard InChI is InChI=1S/C19H27F4N3O/c1-3-24-18(26-16-10-6-14(7-11-16)19(21,22)23)25-12-17(27-2)13-4-8-15(20)9-5-13/h4-5,8-9,14,16-17H,3,6-7,10-12H2,1-2H3,(H2,24,25,26). The van der Waals surface area contributed by atoms with Gasteiger partial charge in [0.2, 0.25) is 0 Å². The maximum atomic E-state index is 13.1. The molecule has 0 bridgehead atoms. The first kappa shape index (κ1) is 21.5. The molecular formula is C19H27F4N3O. The average molecular weight is 389 g/mol. The van der Waals surface area contributed by atoms with Gasteiger partial charge in [-0.1, -0.05) is 12.1 Å². The number of halogens is 4. The summed E-state index contributed by atoms with van der Waals surface area (Å²) in [5, 5.41) is 6.34. The van der Waals surface area contributed by atoms with Crippen LogP contribution in [-0.4, -0.2) is 38.4 Å². The number of alkyl halides is 3. The van der Waals surface area contributed by atoms with Gasteiger partial charge in [0.05, 0.1) is 12.5 Å². The molecule has 0 aromatic heterocycles. The van der Waals surface area contributed by atoms with Crippen LogP contribution in [0.5, 0.6) is 0 Å². The molecule has 1 atom stereocenters. The van der Waals surface area contributed by atoms with Gasteiger partial charge >= 0.3 is 6.18 Å². The van der Waals surface area contributed by atoms with E-state index in [4.69, 9.17) is 4.74 Å². The molecule has 0 spiro atoms. The quantitative estimate of drug-likeness (QED) is 0.436. The van der Waals surface area contributed by atoms with E-state index in [2.05, 4.69) is 15.6 Å². The van der Waals surface area contributed by atoms with E-state index in [1.165, 1.54) is 12.1 Å². The van der Waals surface area contributed by atoms with Gasteiger partial charge in [-0.05, 0) is 50.3 Å². The topological polar surface area (TPSA) is 45.7 Å². The van der Waals surface area contributed by atoms with Crippen molar-refractivity contribution in [1.29, 1.82) is 0 Å². The van der Waals surface area contributed by atoms with Gasteiger partial charge in [0.25, 0.3) is 0 Å². The number of hydrogen-bond donors (Lipinski definition) is 2. The number of guanidine groups is 1. The normalized spacial score (nSPS) is 22.4. The first-order valence-corrected chi connectivity index (χ1v) is 9.23. The lowest BCUT2D eigenvalue weighted by Crippen LogP contribution is -2.46. The summed E-state index contributed by atoms with van der Waals surface area (Å²) < 4.78 is 56.9. The Morgan fingerprint density at radius 2 is 1.81 bits per heavy atom. The van der Waals surface area contributed by atoms with E-state index in [1.54, 1.807) is 19.2 Å². The number of rotatable bonds is 6. The SMILES string of the molecule is CCNC(=NCC(OC)c1ccc(F)cc1)NC1CCC(C(F)(F)F)CC1. The molecule has 1 aromatic rings. The maximum absolute atomic E-state index is 13.1. The summed E-state index contributed by atoms with van der Waals surface area (Å²) in [7, 11) is 1.56. The molecular weight excluding hydrogens is 362 g/mol. The smallest absolute Gasteiger partial charge is 0.375 e. The highest BCUT2D eigenvalue weighted by atomic mass is 19.4. The molecule has 1 saturated carbocycles. The Bertz CT molecular complexity index is 596. The third kappa shape index (κ3) is 6.68. The monoisotopic (exact) mass is 389 g/mol. The number of benzene rings is 1. The fourth-order valence-corrected chi connectivity index (χ4v) is 3.25. The highest BCUT2D eigenvalue weighted by molar-refractivity contribution is 5.80. The minimum absolute atomic E-state index is 0.0341. The van der Waals surface area contributed by atoms with Crippen molar-refractivity contribution >= 4 is 5.96 Å². The molecule has 2 rings (SSSR count). The third-order valence-electron chi connectivity index (χ3n) is 4.82. The van der Waals surface area contributed by atoms with Crippen molar-refractivity contribution in [2.45, 2.75) is 50.9 Å². The van der Waals surface area contributed by atoms with E-state index in [0.29, 0.717) is 31.9 Å². The molecule has 1 fully saturated rings. The van der Waals surface area contributed by atoms with Crippen LogP contribution >= 0.6 is 0 Å². The summed E-state index contributed by atoms with van der Waals surface area (Å²) in [6, 6.07) is 6.00. The van der Waals surface area contributed by atoms with Crippen molar-refractivity contribution in [3.8, 4) is 0 Å². The first-order chi connectivity index (χ1) is 12.8. The number of nitrogens with zero attached hydrogens (tertiary/aromatic N) is 1. The molecule has 0 aliphatic heterocycles. The summed E-state index contributed by atoms with van der Waals surface area (Å²) in [6.07, 6.45) is -3.25. The van der Waals surface area contributed by atoms with E-state index in [-0.39, 0.29) is 30.8 Å². The molecule has 0 saturated heterocycles. The van der Waals surface area contributed by atoms with Gasteiger partial charge in [0.1, 0.15) is 11.9 Å². The van der Waals surface area contributed by atoms with Crippen molar-refractivity contribution in [3.05, 3.63) is 35.6 Å². The van der Waals surface area contributed by atoms with Gasteiger partial charge in [-0.3, -0.25) is 4.99 Å². The Morgan fingerprint density at radius 3 is 2.33 bits per heavy atom. The maximum Gasteiger partial charge on any atom is 0.391 e. The van der Waals surface area contributed by atoms with E-state index in [9.17, 15) is 17.6 Å². The second-order valence-corrected chi connectivity index (χ2v) is 6.73. The molecule has 8 heteroatoms. The second kappa shape index (κ2) is 9.92. The second-order valence-electron chi connectivity index (χ2n) is 6.73. The summed E-state index contributed by atoms with van der Waals surface area (Å²) in [6.45, 7) is 2.87. The van der Waals surface area contributed by atoms with Crippen molar-refractivity contribution in [2.75, 3.05) is 20.2 Å². The lowest BCUT2D eigenvalue weighted by molar-refractivity contribution is -0.182. The van der Waals surface area contributed by atoms with Gasteiger partial charge in [0, 0.05) is 19.7 Å².